The Hall–Kier alpha value is -0.0365. The van der Waals surface area contributed by atoms with Crippen LogP contribution in [0.2, 0.25) is 0 Å². The Kier molecular flexibility index (Phi) is 14.2. The van der Waals surface area contributed by atoms with Gasteiger partial charge >= 0.3 is 5.97 Å². The largest absolute Gasteiger partial charge is 0.481 e. The van der Waals surface area contributed by atoms with Crippen LogP contribution < -0.4 is 0 Å². The summed E-state index contributed by atoms with van der Waals surface area (Å²) in [4.78, 5) is 9.60. The molecule has 2 nitrogen and oxygen atoms in total. The molecule has 13 heavy (non-hydrogen) atoms. The third kappa shape index (κ3) is 14.8. The molecule has 1 aliphatic rings. The Morgan fingerprint density at radius 1 is 1.08 bits per heavy atom. The molecule has 0 amide bonds. The SMILES string of the molecule is C1CCCCC1.CCCC(=O)O.[Ni]. The van der Waals surface area contributed by atoms with Crippen molar-refractivity contribution in [2.24, 2.45) is 0 Å². The summed E-state index contributed by atoms with van der Waals surface area (Å²) < 4.78 is 0. The van der Waals surface area contributed by atoms with Crippen LogP contribution in [0.1, 0.15) is 58.3 Å². The van der Waals surface area contributed by atoms with Crippen molar-refractivity contribution in [3.63, 3.8) is 0 Å². The molecule has 1 saturated carbocycles. The zero-order valence-electron chi connectivity index (χ0n) is 8.33. The first-order valence-corrected chi connectivity index (χ1v) is 4.99. The van der Waals surface area contributed by atoms with E-state index in [0.29, 0.717) is 6.42 Å². The minimum absolute atomic E-state index is 0. The second-order valence-corrected chi connectivity index (χ2v) is 3.27. The average molecular weight is 231 g/mol. The fraction of sp³-hybridized carbons (Fsp3) is 0.900. The summed E-state index contributed by atoms with van der Waals surface area (Å²) in [6.07, 6.45) is 10.0. The summed E-state index contributed by atoms with van der Waals surface area (Å²) >= 11 is 0. The second kappa shape index (κ2) is 12.0. The van der Waals surface area contributed by atoms with E-state index in [1.54, 1.807) is 0 Å². The van der Waals surface area contributed by atoms with Gasteiger partial charge in [0.1, 0.15) is 0 Å². The van der Waals surface area contributed by atoms with Crippen molar-refractivity contribution in [1.82, 2.24) is 0 Å². The predicted octanol–water partition coefficient (Wildman–Crippen LogP) is 3.21. The molecular formula is C10H20NiO2. The van der Waals surface area contributed by atoms with Crippen molar-refractivity contribution in [2.75, 3.05) is 0 Å². The fourth-order valence-electron chi connectivity index (χ4n) is 1.27. The summed E-state index contributed by atoms with van der Waals surface area (Å²) in [6.45, 7) is 1.84. The van der Waals surface area contributed by atoms with Gasteiger partial charge in [0.2, 0.25) is 0 Å². The maximum Gasteiger partial charge on any atom is 0.303 e. The Labute approximate surface area is 91.0 Å². The molecule has 1 aliphatic carbocycles. The van der Waals surface area contributed by atoms with E-state index in [1.807, 2.05) is 6.92 Å². The first-order valence-electron chi connectivity index (χ1n) is 4.99. The summed E-state index contributed by atoms with van der Waals surface area (Å²) in [6, 6.07) is 0. The van der Waals surface area contributed by atoms with Crippen LogP contribution in [-0.4, -0.2) is 11.1 Å². The Morgan fingerprint density at radius 3 is 1.46 bits per heavy atom. The molecule has 0 aromatic carbocycles. The quantitative estimate of drug-likeness (QED) is 0.740. The zero-order valence-corrected chi connectivity index (χ0v) is 9.32. The Morgan fingerprint density at radius 2 is 1.38 bits per heavy atom. The summed E-state index contributed by atoms with van der Waals surface area (Å²) in [5, 5.41) is 7.91. The predicted molar refractivity (Wildman–Crippen MR) is 50.2 cm³/mol. The number of carboxylic acids is 1. The first-order chi connectivity index (χ1) is 5.77. The van der Waals surface area contributed by atoms with E-state index in [2.05, 4.69) is 0 Å². The summed E-state index contributed by atoms with van der Waals surface area (Å²) in [5.74, 6) is -0.711. The standard InChI is InChI=1S/C6H12.C4H8O2.Ni/c1-2-4-6-5-3-1;1-2-3-4(5)6;/h1-6H2;2-3H2,1H3,(H,5,6);. The van der Waals surface area contributed by atoms with Crippen LogP contribution in [0, 0.1) is 0 Å². The van der Waals surface area contributed by atoms with Gasteiger partial charge in [0.25, 0.3) is 0 Å². The van der Waals surface area contributed by atoms with Gasteiger partial charge in [0.15, 0.2) is 0 Å². The number of rotatable bonds is 2. The van der Waals surface area contributed by atoms with Crippen molar-refractivity contribution < 1.29 is 26.4 Å². The van der Waals surface area contributed by atoms with E-state index in [9.17, 15) is 4.79 Å². The van der Waals surface area contributed by atoms with Gasteiger partial charge in [-0.1, -0.05) is 45.4 Å². The van der Waals surface area contributed by atoms with Crippen LogP contribution >= 0.6 is 0 Å². The molecule has 0 atom stereocenters. The third-order valence-electron chi connectivity index (χ3n) is 1.96. The van der Waals surface area contributed by atoms with Crippen molar-refractivity contribution in [1.29, 1.82) is 0 Å². The van der Waals surface area contributed by atoms with Gasteiger partial charge in [-0.05, 0) is 6.42 Å². The third-order valence-corrected chi connectivity index (χ3v) is 1.96. The molecule has 0 radical (unpaired) electrons. The van der Waals surface area contributed by atoms with E-state index in [1.165, 1.54) is 38.5 Å². The molecule has 0 bridgehead atoms. The van der Waals surface area contributed by atoms with Gasteiger partial charge in [0.05, 0.1) is 0 Å². The Bertz CT molecular complexity index is 100.0. The molecule has 0 saturated heterocycles. The minimum atomic E-state index is -0.711. The molecule has 0 heterocycles. The molecule has 0 aliphatic heterocycles. The van der Waals surface area contributed by atoms with Crippen LogP contribution in [0.25, 0.3) is 0 Å². The first kappa shape index (κ1) is 15.4. The Balaban J connectivity index is 0. The van der Waals surface area contributed by atoms with Gasteiger partial charge in [-0.3, -0.25) is 4.79 Å². The van der Waals surface area contributed by atoms with E-state index in [-0.39, 0.29) is 16.5 Å². The molecule has 82 valence electrons. The number of carbonyl (C=O) groups is 1. The molecule has 0 aromatic rings. The number of hydrogen-bond acceptors (Lipinski definition) is 1. The van der Waals surface area contributed by atoms with E-state index < -0.39 is 5.97 Å². The van der Waals surface area contributed by atoms with Crippen LogP contribution in [0.5, 0.6) is 0 Å². The molecule has 0 unspecified atom stereocenters. The van der Waals surface area contributed by atoms with Crippen LogP contribution in [0.4, 0.5) is 0 Å². The van der Waals surface area contributed by atoms with Crippen molar-refractivity contribution in [2.45, 2.75) is 58.3 Å². The van der Waals surface area contributed by atoms with Crippen molar-refractivity contribution in [3.8, 4) is 0 Å². The fourth-order valence-corrected chi connectivity index (χ4v) is 1.27. The zero-order chi connectivity index (χ0) is 9.23. The number of hydrogen-bond donors (Lipinski definition) is 1. The van der Waals surface area contributed by atoms with E-state index in [4.69, 9.17) is 5.11 Å². The van der Waals surface area contributed by atoms with Crippen LogP contribution in [-0.2, 0) is 21.3 Å². The van der Waals surface area contributed by atoms with Crippen LogP contribution in [0.3, 0.4) is 0 Å². The minimum Gasteiger partial charge on any atom is -0.481 e. The normalized spacial score (nSPS) is 14.8. The molecule has 3 heteroatoms. The van der Waals surface area contributed by atoms with Crippen molar-refractivity contribution >= 4 is 5.97 Å². The average Bonchev–Trinajstić information content (AvgIpc) is 2.08. The van der Waals surface area contributed by atoms with Gasteiger partial charge in [-0.25, -0.2) is 0 Å². The van der Waals surface area contributed by atoms with Gasteiger partial charge in [0, 0.05) is 22.9 Å². The summed E-state index contributed by atoms with van der Waals surface area (Å²) in [5.41, 5.74) is 0. The maximum absolute atomic E-state index is 9.60. The topological polar surface area (TPSA) is 37.3 Å². The number of aliphatic carboxylic acids is 1. The molecule has 0 aromatic heterocycles. The molecule has 0 spiro atoms. The van der Waals surface area contributed by atoms with Crippen molar-refractivity contribution in [3.05, 3.63) is 0 Å². The molecular weight excluding hydrogens is 211 g/mol. The smallest absolute Gasteiger partial charge is 0.303 e. The van der Waals surface area contributed by atoms with Gasteiger partial charge < -0.3 is 5.11 Å². The van der Waals surface area contributed by atoms with Gasteiger partial charge in [-0.15, -0.1) is 0 Å². The molecule has 1 rings (SSSR count). The molecule has 1 N–H and O–H groups in total. The summed E-state index contributed by atoms with van der Waals surface area (Å²) in [7, 11) is 0. The second-order valence-electron chi connectivity index (χ2n) is 3.27. The monoisotopic (exact) mass is 230 g/mol. The van der Waals surface area contributed by atoms with Crippen LogP contribution in [0.15, 0.2) is 0 Å². The van der Waals surface area contributed by atoms with E-state index >= 15 is 0 Å². The van der Waals surface area contributed by atoms with E-state index in [0.717, 1.165) is 6.42 Å². The maximum atomic E-state index is 9.60. The molecule has 1 fully saturated rings. The number of carboxylic acid groups (broad SMARTS) is 1. The van der Waals surface area contributed by atoms with Gasteiger partial charge in [-0.2, -0.15) is 0 Å².